The molecule has 2 rings (SSSR count). The van der Waals surface area contributed by atoms with Gasteiger partial charge in [-0.15, -0.1) is 0 Å². The number of hydrogen-bond donors (Lipinski definition) is 0. The quantitative estimate of drug-likeness (QED) is 0.356. The number of unbranched alkanes of at least 4 members (excludes halogenated alkanes) is 1. The molecule has 0 aromatic heterocycles. The molecule has 0 unspecified atom stereocenters. The van der Waals surface area contributed by atoms with Crippen molar-refractivity contribution in [3.8, 4) is 5.75 Å². The maximum Gasteiger partial charge on any atom is 0.326 e. The van der Waals surface area contributed by atoms with Crippen LogP contribution in [0.1, 0.15) is 45.6 Å². The molecule has 1 aromatic carbocycles. The highest BCUT2D eigenvalue weighted by Gasteiger charge is 2.36. The molecule has 1 heterocycles. The molecule has 146 valence electrons. The number of imide groups is 1. The highest BCUT2D eigenvalue weighted by molar-refractivity contribution is 8.18. The molecule has 1 aliphatic heterocycles. The molecule has 0 radical (unpaired) electrons. The summed E-state index contributed by atoms with van der Waals surface area (Å²) in [6.07, 6.45) is 4.17. The van der Waals surface area contributed by atoms with E-state index in [1.54, 1.807) is 6.08 Å². The zero-order chi connectivity index (χ0) is 19.8. The van der Waals surface area contributed by atoms with Crippen LogP contribution in [-0.4, -0.2) is 41.3 Å². The number of rotatable bonds is 9. The van der Waals surface area contributed by atoms with Crippen molar-refractivity contribution in [2.75, 3.05) is 13.2 Å². The van der Waals surface area contributed by atoms with Gasteiger partial charge in [0.25, 0.3) is 11.1 Å². The van der Waals surface area contributed by atoms with Gasteiger partial charge in [-0.3, -0.25) is 19.3 Å². The Balaban J connectivity index is 2.11. The second kappa shape index (κ2) is 10.2. The Morgan fingerprint density at radius 3 is 2.70 bits per heavy atom. The SMILES string of the molecule is CCCCOC(=O)CN1C(=O)S/C(=C/c2ccccc2O[C@H](C)CC)C1=O. The molecule has 0 saturated carbocycles. The van der Waals surface area contributed by atoms with E-state index in [0.29, 0.717) is 17.9 Å². The Morgan fingerprint density at radius 2 is 2.00 bits per heavy atom. The molecule has 2 amide bonds. The molecule has 0 bridgehead atoms. The lowest BCUT2D eigenvalue weighted by Gasteiger charge is -2.14. The van der Waals surface area contributed by atoms with Gasteiger partial charge in [-0.25, -0.2) is 0 Å². The zero-order valence-corrected chi connectivity index (χ0v) is 16.7. The van der Waals surface area contributed by atoms with Crippen LogP contribution in [0.5, 0.6) is 5.75 Å². The maximum atomic E-state index is 12.5. The lowest BCUT2D eigenvalue weighted by molar-refractivity contribution is -0.146. The number of carbonyl (C=O) groups is 3. The predicted molar refractivity (Wildman–Crippen MR) is 105 cm³/mol. The number of thioether (sulfide) groups is 1. The van der Waals surface area contributed by atoms with Crippen molar-refractivity contribution in [2.24, 2.45) is 0 Å². The monoisotopic (exact) mass is 391 g/mol. The Bertz CT molecular complexity index is 731. The smallest absolute Gasteiger partial charge is 0.326 e. The van der Waals surface area contributed by atoms with E-state index in [0.717, 1.165) is 35.9 Å². The summed E-state index contributed by atoms with van der Waals surface area (Å²) in [5, 5.41) is -0.473. The van der Waals surface area contributed by atoms with Gasteiger partial charge in [-0.2, -0.15) is 0 Å². The number of hydrogen-bond acceptors (Lipinski definition) is 6. The number of esters is 1. The van der Waals surface area contributed by atoms with Crippen molar-refractivity contribution in [1.29, 1.82) is 0 Å². The fourth-order valence-electron chi connectivity index (χ4n) is 2.29. The Morgan fingerprint density at radius 1 is 1.26 bits per heavy atom. The fourth-order valence-corrected chi connectivity index (χ4v) is 3.12. The van der Waals surface area contributed by atoms with Crippen molar-refractivity contribution in [3.05, 3.63) is 34.7 Å². The summed E-state index contributed by atoms with van der Waals surface area (Å²) in [5.74, 6) is -0.416. The molecular weight excluding hydrogens is 366 g/mol. The summed E-state index contributed by atoms with van der Waals surface area (Å²) in [4.78, 5) is 37.7. The molecule has 1 atom stereocenters. The summed E-state index contributed by atoms with van der Waals surface area (Å²) in [6.45, 7) is 5.91. The first-order valence-electron chi connectivity index (χ1n) is 9.12. The van der Waals surface area contributed by atoms with Crippen LogP contribution in [-0.2, 0) is 14.3 Å². The average Bonchev–Trinajstić information content (AvgIpc) is 2.91. The van der Waals surface area contributed by atoms with Crippen LogP contribution in [0, 0.1) is 0 Å². The molecule has 1 aliphatic rings. The van der Waals surface area contributed by atoms with Gasteiger partial charge in [0.05, 0.1) is 17.6 Å². The van der Waals surface area contributed by atoms with Gasteiger partial charge in [0.2, 0.25) is 0 Å². The van der Waals surface area contributed by atoms with Crippen LogP contribution < -0.4 is 4.74 Å². The van der Waals surface area contributed by atoms with Gasteiger partial charge in [0.1, 0.15) is 12.3 Å². The Hall–Kier alpha value is -2.28. The first-order chi connectivity index (χ1) is 13.0. The molecule has 7 heteroatoms. The predicted octanol–water partition coefficient (Wildman–Crippen LogP) is 4.24. The number of para-hydroxylation sites is 1. The molecule has 6 nitrogen and oxygen atoms in total. The van der Waals surface area contributed by atoms with Crippen LogP contribution >= 0.6 is 11.8 Å². The van der Waals surface area contributed by atoms with Crippen LogP contribution in [0.25, 0.3) is 6.08 Å². The summed E-state index contributed by atoms with van der Waals surface area (Å²) in [7, 11) is 0. The van der Waals surface area contributed by atoms with E-state index in [1.807, 2.05) is 45.0 Å². The van der Waals surface area contributed by atoms with Crippen molar-refractivity contribution >= 4 is 35.0 Å². The molecule has 1 aromatic rings. The third kappa shape index (κ3) is 5.85. The number of benzene rings is 1. The third-order valence-corrected chi connectivity index (χ3v) is 4.94. The van der Waals surface area contributed by atoms with Crippen molar-refractivity contribution in [1.82, 2.24) is 4.90 Å². The van der Waals surface area contributed by atoms with Gasteiger partial charge in [-0.05, 0) is 43.7 Å². The number of ether oxygens (including phenoxy) is 2. The van der Waals surface area contributed by atoms with Crippen LogP contribution in [0.3, 0.4) is 0 Å². The van der Waals surface area contributed by atoms with Crippen molar-refractivity contribution in [2.45, 2.75) is 46.1 Å². The van der Waals surface area contributed by atoms with E-state index in [-0.39, 0.29) is 17.6 Å². The molecular formula is C20H25NO5S. The minimum absolute atomic E-state index is 0.0347. The maximum absolute atomic E-state index is 12.5. The highest BCUT2D eigenvalue weighted by atomic mass is 32.2. The summed E-state index contributed by atoms with van der Waals surface area (Å²) in [6, 6.07) is 7.34. The Kier molecular flexibility index (Phi) is 7.91. The normalized spacial score (nSPS) is 16.7. The van der Waals surface area contributed by atoms with E-state index in [9.17, 15) is 14.4 Å². The summed E-state index contributed by atoms with van der Waals surface area (Å²) in [5.41, 5.74) is 0.717. The standard InChI is InChI=1S/C20H25NO5S/c1-4-6-11-25-18(22)13-21-19(23)17(27-20(21)24)12-15-9-7-8-10-16(15)26-14(3)5-2/h7-10,12,14H,4-6,11,13H2,1-3H3/b17-12+/t14-/m1/s1. The van der Waals surface area contributed by atoms with Gasteiger partial charge >= 0.3 is 5.97 Å². The average molecular weight is 391 g/mol. The van der Waals surface area contributed by atoms with E-state index >= 15 is 0 Å². The van der Waals surface area contributed by atoms with Gasteiger partial charge in [-0.1, -0.05) is 38.5 Å². The lowest BCUT2D eigenvalue weighted by atomic mass is 10.1. The van der Waals surface area contributed by atoms with Crippen molar-refractivity contribution < 1.29 is 23.9 Å². The third-order valence-electron chi connectivity index (χ3n) is 4.03. The first kappa shape index (κ1) is 21.0. The number of nitrogens with zero attached hydrogens (tertiary/aromatic N) is 1. The van der Waals surface area contributed by atoms with Gasteiger partial charge in [0.15, 0.2) is 0 Å². The van der Waals surface area contributed by atoms with E-state index in [1.165, 1.54) is 0 Å². The van der Waals surface area contributed by atoms with E-state index in [2.05, 4.69) is 0 Å². The van der Waals surface area contributed by atoms with Crippen LogP contribution in [0.15, 0.2) is 29.2 Å². The van der Waals surface area contributed by atoms with Gasteiger partial charge in [0, 0.05) is 5.56 Å². The largest absolute Gasteiger partial charge is 0.490 e. The molecule has 27 heavy (non-hydrogen) atoms. The molecule has 1 saturated heterocycles. The topological polar surface area (TPSA) is 72.9 Å². The zero-order valence-electron chi connectivity index (χ0n) is 15.9. The molecule has 0 N–H and O–H groups in total. The molecule has 0 spiro atoms. The fraction of sp³-hybridized carbons (Fsp3) is 0.450. The lowest BCUT2D eigenvalue weighted by Crippen LogP contribution is -2.34. The minimum Gasteiger partial charge on any atom is -0.490 e. The number of amides is 2. The van der Waals surface area contributed by atoms with Crippen LogP contribution in [0.2, 0.25) is 0 Å². The number of carbonyl (C=O) groups excluding carboxylic acids is 3. The second-order valence-electron chi connectivity index (χ2n) is 6.22. The minimum atomic E-state index is -0.576. The van der Waals surface area contributed by atoms with E-state index < -0.39 is 17.1 Å². The van der Waals surface area contributed by atoms with E-state index in [4.69, 9.17) is 9.47 Å². The Labute approximate surface area is 163 Å². The molecule has 1 fully saturated rings. The highest BCUT2D eigenvalue weighted by Crippen LogP contribution is 2.34. The summed E-state index contributed by atoms with van der Waals surface area (Å²) < 4.78 is 10.9. The van der Waals surface area contributed by atoms with Crippen LogP contribution in [0.4, 0.5) is 4.79 Å². The van der Waals surface area contributed by atoms with Gasteiger partial charge < -0.3 is 9.47 Å². The first-order valence-corrected chi connectivity index (χ1v) is 9.94. The molecule has 0 aliphatic carbocycles. The van der Waals surface area contributed by atoms with Crippen molar-refractivity contribution in [3.63, 3.8) is 0 Å². The second-order valence-corrected chi connectivity index (χ2v) is 7.21. The summed E-state index contributed by atoms with van der Waals surface area (Å²) >= 11 is 0.816.